The highest BCUT2D eigenvalue weighted by molar-refractivity contribution is 5.75. The van der Waals surface area contributed by atoms with Crippen LogP contribution in [0.25, 0.3) is 11.4 Å². The van der Waals surface area contributed by atoms with Crippen molar-refractivity contribution >= 4 is 5.91 Å². The van der Waals surface area contributed by atoms with E-state index in [1.807, 2.05) is 31.2 Å². The highest BCUT2D eigenvalue weighted by atomic mass is 16.5. The van der Waals surface area contributed by atoms with Crippen LogP contribution in [-0.4, -0.2) is 29.2 Å². The van der Waals surface area contributed by atoms with Gasteiger partial charge in [0.15, 0.2) is 0 Å². The summed E-state index contributed by atoms with van der Waals surface area (Å²) in [6.45, 7) is 3.34. The molecule has 6 nitrogen and oxygen atoms in total. The van der Waals surface area contributed by atoms with Crippen LogP contribution in [0, 0.1) is 5.92 Å². The summed E-state index contributed by atoms with van der Waals surface area (Å²) in [5, 5.41) is 6.99. The van der Waals surface area contributed by atoms with Gasteiger partial charge in [0.25, 0.3) is 0 Å². The van der Waals surface area contributed by atoms with E-state index in [0.29, 0.717) is 31.2 Å². The van der Waals surface area contributed by atoms with E-state index >= 15 is 0 Å². The van der Waals surface area contributed by atoms with Crippen LogP contribution < -0.4 is 10.1 Å². The summed E-state index contributed by atoms with van der Waals surface area (Å²) in [6.07, 6.45) is 8.60. The van der Waals surface area contributed by atoms with Crippen LogP contribution >= 0.6 is 0 Å². The summed E-state index contributed by atoms with van der Waals surface area (Å²) in [6, 6.07) is 7.56. The van der Waals surface area contributed by atoms with Crippen LogP contribution in [-0.2, 0) is 11.2 Å². The SMILES string of the molecule is CCOc1ccc(-c2noc(CCC(=O)NCCCC3CCCC3)n2)cc1. The molecule has 0 unspecified atom stereocenters. The zero-order chi connectivity index (χ0) is 18.9. The van der Waals surface area contributed by atoms with E-state index in [9.17, 15) is 4.79 Å². The first kappa shape index (κ1) is 19.4. The van der Waals surface area contributed by atoms with E-state index in [1.165, 1.54) is 32.1 Å². The molecule has 1 heterocycles. The molecule has 1 aromatic carbocycles. The number of ether oxygens (including phenoxy) is 1. The number of benzene rings is 1. The molecular weight excluding hydrogens is 342 g/mol. The van der Waals surface area contributed by atoms with Gasteiger partial charge in [-0.1, -0.05) is 30.8 Å². The Kier molecular flexibility index (Phi) is 7.25. The lowest BCUT2D eigenvalue weighted by Gasteiger charge is -2.08. The lowest BCUT2D eigenvalue weighted by atomic mass is 10.0. The van der Waals surface area contributed by atoms with Crippen molar-refractivity contribution in [2.24, 2.45) is 5.92 Å². The molecule has 1 N–H and O–H groups in total. The van der Waals surface area contributed by atoms with Crippen LogP contribution in [0.3, 0.4) is 0 Å². The molecule has 1 aliphatic rings. The van der Waals surface area contributed by atoms with Crippen LogP contribution in [0.2, 0.25) is 0 Å². The third-order valence-corrected chi connectivity index (χ3v) is 5.04. The minimum atomic E-state index is 0.0437. The monoisotopic (exact) mass is 371 g/mol. The Labute approximate surface area is 160 Å². The number of rotatable bonds is 10. The number of nitrogens with one attached hydrogen (secondary N) is 1. The maximum absolute atomic E-state index is 12.0. The fourth-order valence-corrected chi connectivity index (χ4v) is 3.57. The Hall–Kier alpha value is -2.37. The average molecular weight is 371 g/mol. The molecular formula is C21H29N3O3. The second-order valence-corrected chi connectivity index (χ2v) is 7.11. The van der Waals surface area contributed by atoms with Gasteiger partial charge in [-0.2, -0.15) is 4.98 Å². The molecule has 3 rings (SSSR count). The van der Waals surface area contributed by atoms with Crippen molar-refractivity contribution in [3.63, 3.8) is 0 Å². The molecule has 1 aliphatic carbocycles. The molecule has 1 amide bonds. The largest absolute Gasteiger partial charge is 0.494 e. The Morgan fingerprint density at radius 3 is 2.78 bits per heavy atom. The predicted octanol–water partition coefficient (Wildman–Crippen LogP) is 4.15. The number of hydrogen-bond acceptors (Lipinski definition) is 5. The molecule has 0 spiro atoms. The molecule has 1 aromatic heterocycles. The third kappa shape index (κ3) is 6.08. The van der Waals surface area contributed by atoms with Gasteiger partial charge in [-0.05, 0) is 49.9 Å². The zero-order valence-corrected chi connectivity index (χ0v) is 16.1. The summed E-state index contributed by atoms with van der Waals surface area (Å²) in [4.78, 5) is 16.4. The fraction of sp³-hybridized carbons (Fsp3) is 0.571. The van der Waals surface area contributed by atoms with E-state index in [1.54, 1.807) is 0 Å². The predicted molar refractivity (Wildman–Crippen MR) is 103 cm³/mol. The maximum Gasteiger partial charge on any atom is 0.227 e. The second kappa shape index (κ2) is 10.1. The van der Waals surface area contributed by atoms with Gasteiger partial charge in [-0.25, -0.2) is 0 Å². The fourth-order valence-electron chi connectivity index (χ4n) is 3.57. The number of hydrogen-bond donors (Lipinski definition) is 1. The Balaban J connectivity index is 1.37. The number of aryl methyl sites for hydroxylation is 1. The second-order valence-electron chi connectivity index (χ2n) is 7.11. The lowest BCUT2D eigenvalue weighted by molar-refractivity contribution is -0.121. The van der Waals surface area contributed by atoms with Crippen molar-refractivity contribution < 1.29 is 14.1 Å². The van der Waals surface area contributed by atoms with Crippen molar-refractivity contribution in [3.8, 4) is 17.1 Å². The zero-order valence-electron chi connectivity index (χ0n) is 16.1. The standard InChI is InChI=1S/C21H29N3O3/c1-2-26-18-11-9-17(10-12-18)21-23-20(27-24-21)14-13-19(25)22-15-5-8-16-6-3-4-7-16/h9-12,16H,2-8,13-15H2,1H3,(H,22,25). The van der Waals surface area contributed by atoms with Crippen LogP contribution in [0.15, 0.2) is 28.8 Å². The molecule has 1 saturated carbocycles. The Morgan fingerprint density at radius 1 is 1.26 bits per heavy atom. The third-order valence-electron chi connectivity index (χ3n) is 5.04. The summed E-state index contributed by atoms with van der Waals surface area (Å²) in [7, 11) is 0. The number of aromatic nitrogens is 2. The van der Waals surface area contributed by atoms with Gasteiger partial charge in [0.05, 0.1) is 6.61 Å². The molecule has 27 heavy (non-hydrogen) atoms. The quantitative estimate of drug-likeness (QED) is 0.635. The minimum absolute atomic E-state index is 0.0437. The van der Waals surface area contributed by atoms with Gasteiger partial charge in [0, 0.05) is 24.9 Å². The van der Waals surface area contributed by atoms with Gasteiger partial charge < -0.3 is 14.6 Å². The number of carbonyl (C=O) groups is 1. The maximum atomic E-state index is 12.0. The highest BCUT2D eigenvalue weighted by Crippen LogP contribution is 2.28. The molecule has 0 aliphatic heterocycles. The Bertz CT molecular complexity index is 706. The van der Waals surface area contributed by atoms with Crippen molar-refractivity contribution in [3.05, 3.63) is 30.2 Å². The molecule has 0 radical (unpaired) electrons. The minimum Gasteiger partial charge on any atom is -0.494 e. The molecule has 146 valence electrons. The van der Waals surface area contributed by atoms with Crippen molar-refractivity contribution in [1.29, 1.82) is 0 Å². The van der Waals surface area contributed by atoms with E-state index < -0.39 is 0 Å². The van der Waals surface area contributed by atoms with E-state index in [0.717, 1.165) is 30.2 Å². The first-order valence-corrected chi connectivity index (χ1v) is 10.1. The van der Waals surface area contributed by atoms with Gasteiger partial charge in [-0.15, -0.1) is 0 Å². The summed E-state index contributed by atoms with van der Waals surface area (Å²) in [5.74, 6) is 2.75. The molecule has 0 atom stereocenters. The van der Waals surface area contributed by atoms with Gasteiger partial charge in [-0.3, -0.25) is 4.79 Å². The first-order chi connectivity index (χ1) is 13.2. The summed E-state index contributed by atoms with van der Waals surface area (Å²) < 4.78 is 10.7. The number of amides is 1. The highest BCUT2D eigenvalue weighted by Gasteiger charge is 2.14. The first-order valence-electron chi connectivity index (χ1n) is 10.1. The van der Waals surface area contributed by atoms with Crippen molar-refractivity contribution in [1.82, 2.24) is 15.5 Å². The molecule has 0 saturated heterocycles. The van der Waals surface area contributed by atoms with Crippen molar-refractivity contribution in [2.45, 2.75) is 58.3 Å². The van der Waals surface area contributed by atoms with Gasteiger partial charge in [0.1, 0.15) is 5.75 Å². The Morgan fingerprint density at radius 2 is 2.04 bits per heavy atom. The van der Waals surface area contributed by atoms with Gasteiger partial charge >= 0.3 is 0 Å². The van der Waals surface area contributed by atoms with Gasteiger partial charge in [0.2, 0.25) is 17.6 Å². The molecule has 1 fully saturated rings. The number of nitrogens with zero attached hydrogens (tertiary/aromatic N) is 2. The molecule has 2 aromatic rings. The number of carbonyl (C=O) groups excluding carboxylic acids is 1. The molecule has 0 bridgehead atoms. The van der Waals surface area contributed by atoms with E-state index in [2.05, 4.69) is 15.5 Å². The topological polar surface area (TPSA) is 77.2 Å². The molecule has 6 heteroatoms. The summed E-state index contributed by atoms with van der Waals surface area (Å²) in [5.41, 5.74) is 0.866. The van der Waals surface area contributed by atoms with Crippen LogP contribution in [0.1, 0.15) is 57.8 Å². The summed E-state index contributed by atoms with van der Waals surface area (Å²) >= 11 is 0. The lowest BCUT2D eigenvalue weighted by Crippen LogP contribution is -2.25. The smallest absolute Gasteiger partial charge is 0.227 e. The van der Waals surface area contributed by atoms with Crippen molar-refractivity contribution in [2.75, 3.05) is 13.2 Å². The van der Waals surface area contributed by atoms with E-state index in [-0.39, 0.29) is 5.91 Å². The normalized spacial score (nSPS) is 14.4. The average Bonchev–Trinajstić information content (AvgIpc) is 3.36. The van der Waals surface area contributed by atoms with E-state index in [4.69, 9.17) is 9.26 Å². The van der Waals surface area contributed by atoms with Crippen LogP contribution in [0.5, 0.6) is 5.75 Å². The van der Waals surface area contributed by atoms with Crippen LogP contribution in [0.4, 0.5) is 0 Å².